The lowest BCUT2D eigenvalue weighted by Crippen LogP contribution is -2.20. The van der Waals surface area contributed by atoms with Crippen LogP contribution in [0.15, 0.2) is 91.0 Å². The Kier molecular flexibility index (Phi) is 6.96. The molecule has 0 unspecified atom stereocenters. The summed E-state index contributed by atoms with van der Waals surface area (Å²) in [6, 6.07) is 28.7. The van der Waals surface area contributed by atoms with E-state index >= 15 is 0 Å². The van der Waals surface area contributed by atoms with E-state index in [2.05, 4.69) is 5.32 Å². The summed E-state index contributed by atoms with van der Waals surface area (Å²) < 4.78 is 5.27. The normalized spacial score (nSPS) is 10.8. The third-order valence-corrected chi connectivity index (χ3v) is 6.22. The average molecular weight is 502 g/mol. The predicted molar refractivity (Wildman–Crippen MR) is 150 cm³/mol. The molecule has 6 heteroatoms. The van der Waals surface area contributed by atoms with Gasteiger partial charge in [0.15, 0.2) is 6.61 Å². The van der Waals surface area contributed by atoms with Crippen LogP contribution >= 0.6 is 0 Å². The fourth-order valence-electron chi connectivity index (χ4n) is 4.06. The largest absolute Gasteiger partial charge is 0.452 e. The van der Waals surface area contributed by atoms with Gasteiger partial charge in [-0.25, -0.2) is 14.8 Å². The van der Waals surface area contributed by atoms with Gasteiger partial charge < -0.3 is 10.1 Å². The van der Waals surface area contributed by atoms with Crippen LogP contribution in [0, 0.1) is 20.8 Å². The van der Waals surface area contributed by atoms with Crippen LogP contribution in [0.5, 0.6) is 0 Å². The average Bonchev–Trinajstić information content (AvgIpc) is 2.93. The Morgan fingerprint density at radius 1 is 0.658 bits per heavy atom. The van der Waals surface area contributed by atoms with E-state index in [9.17, 15) is 9.59 Å². The minimum Gasteiger partial charge on any atom is -0.452 e. The molecule has 4 aromatic carbocycles. The molecule has 1 aromatic heterocycles. The van der Waals surface area contributed by atoms with E-state index in [1.54, 1.807) is 30.3 Å². The number of hydrogen-bond acceptors (Lipinski definition) is 5. The minimum atomic E-state index is -0.604. The van der Waals surface area contributed by atoms with E-state index in [0.29, 0.717) is 22.3 Å². The maximum absolute atomic E-state index is 12.8. The van der Waals surface area contributed by atoms with Gasteiger partial charge in [0.25, 0.3) is 5.91 Å². The Labute approximate surface area is 221 Å². The van der Waals surface area contributed by atoms with E-state index < -0.39 is 18.5 Å². The fraction of sp³-hybridized carbons (Fsp3) is 0.125. The lowest BCUT2D eigenvalue weighted by molar-refractivity contribution is -0.119. The lowest BCUT2D eigenvalue weighted by atomic mass is 10.0. The van der Waals surface area contributed by atoms with Gasteiger partial charge in [-0.15, -0.1) is 0 Å². The molecule has 5 rings (SSSR count). The number of ether oxygens (including phenoxy) is 1. The molecule has 0 saturated heterocycles. The minimum absolute atomic E-state index is 0.299. The lowest BCUT2D eigenvalue weighted by Gasteiger charge is -2.12. The van der Waals surface area contributed by atoms with E-state index in [1.165, 1.54) is 0 Å². The zero-order valence-electron chi connectivity index (χ0n) is 21.5. The van der Waals surface area contributed by atoms with Crippen molar-refractivity contribution in [2.75, 3.05) is 11.9 Å². The van der Waals surface area contributed by atoms with Gasteiger partial charge in [0.05, 0.1) is 28.0 Å². The molecular weight excluding hydrogens is 474 g/mol. The molecule has 6 nitrogen and oxygen atoms in total. The maximum Gasteiger partial charge on any atom is 0.338 e. The van der Waals surface area contributed by atoms with Crippen LogP contribution in [0.4, 0.5) is 5.69 Å². The third kappa shape index (κ3) is 5.60. The van der Waals surface area contributed by atoms with Crippen LogP contribution in [0.2, 0.25) is 0 Å². The summed E-state index contributed by atoms with van der Waals surface area (Å²) in [7, 11) is 0. The molecule has 0 aliphatic rings. The molecule has 0 spiro atoms. The van der Waals surface area contributed by atoms with Crippen LogP contribution in [0.3, 0.4) is 0 Å². The van der Waals surface area contributed by atoms with Crippen molar-refractivity contribution in [3.63, 3.8) is 0 Å². The van der Waals surface area contributed by atoms with Crippen molar-refractivity contribution >= 4 is 28.6 Å². The van der Waals surface area contributed by atoms with Crippen molar-refractivity contribution in [1.29, 1.82) is 0 Å². The molecular formula is C32H27N3O3. The summed E-state index contributed by atoms with van der Waals surface area (Å²) in [5.41, 5.74) is 8.95. The van der Waals surface area contributed by atoms with Gasteiger partial charge in [0.2, 0.25) is 0 Å². The Morgan fingerprint density at radius 2 is 1.16 bits per heavy atom. The van der Waals surface area contributed by atoms with Crippen LogP contribution in [-0.4, -0.2) is 28.5 Å². The molecule has 38 heavy (non-hydrogen) atoms. The molecule has 1 N–H and O–H groups in total. The molecule has 188 valence electrons. The number of benzene rings is 4. The van der Waals surface area contributed by atoms with Crippen molar-refractivity contribution in [1.82, 2.24) is 9.97 Å². The summed E-state index contributed by atoms with van der Waals surface area (Å²) in [6.07, 6.45) is 0. The smallest absolute Gasteiger partial charge is 0.338 e. The molecule has 0 bridgehead atoms. The molecule has 0 radical (unpaired) electrons. The molecule has 0 aliphatic carbocycles. The highest BCUT2D eigenvalue weighted by Gasteiger charge is 2.16. The standard InChI is InChI=1S/C32H27N3O3/c1-20-4-10-23(11-5-20)30-31(24-12-6-21(2)7-13-24)35-28-18-25(14-17-27(28)34-30)32(37)38-19-29(36)33-26-15-8-22(3)9-16-26/h4-18H,19H2,1-3H3,(H,33,36). The summed E-state index contributed by atoms with van der Waals surface area (Å²) in [5.74, 6) is -1.01. The fourth-order valence-corrected chi connectivity index (χ4v) is 4.06. The SMILES string of the molecule is Cc1ccc(NC(=O)COC(=O)c2ccc3nc(-c4ccc(C)cc4)c(-c4ccc(C)cc4)nc3c2)cc1. The molecule has 5 aromatic rings. The second kappa shape index (κ2) is 10.6. The number of aromatic nitrogens is 2. The Bertz CT molecular complexity index is 1620. The first kappa shape index (κ1) is 24.8. The summed E-state index contributed by atoms with van der Waals surface area (Å²) in [6.45, 7) is 5.66. The van der Waals surface area contributed by atoms with E-state index in [1.807, 2.05) is 81.4 Å². The highest BCUT2D eigenvalue weighted by atomic mass is 16.5. The maximum atomic E-state index is 12.8. The van der Waals surface area contributed by atoms with Crippen molar-refractivity contribution in [2.24, 2.45) is 0 Å². The first-order valence-electron chi connectivity index (χ1n) is 12.4. The zero-order valence-corrected chi connectivity index (χ0v) is 21.5. The van der Waals surface area contributed by atoms with Gasteiger partial charge in [0, 0.05) is 16.8 Å². The van der Waals surface area contributed by atoms with Gasteiger partial charge in [-0.1, -0.05) is 77.4 Å². The quantitative estimate of drug-likeness (QED) is 0.262. The van der Waals surface area contributed by atoms with Crippen LogP contribution < -0.4 is 5.32 Å². The topological polar surface area (TPSA) is 81.2 Å². The van der Waals surface area contributed by atoms with Gasteiger partial charge in [-0.2, -0.15) is 0 Å². The van der Waals surface area contributed by atoms with Gasteiger partial charge in [0.1, 0.15) is 0 Å². The number of esters is 1. The first-order valence-corrected chi connectivity index (χ1v) is 12.4. The van der Waals surface area contributed by atoms with Crippen molar-refractivity contribution < 1.29 is 14.3 Å². The second-order valence-electron chi connectivity index (χ2n) is 9.35. The van der Waals surface area contributed by atoms with E-state index in [0.717, 1.165) is 39.2 Å². The van der Waals surface area contributed by atoms with Gasteiger partial charge >= 0.3 is 5.97 Å². The Morgan fingerprint density at radius 3 is 1.71 bits per heavy atom. The summed E-state index contributed by atoms with van der Waals surface area (Å²) in [4.78, 5) is 34.9. The van der Waals surface area contributed by atoms with Crippen LogP contribution in [0.25, 0.3) is 33.5 Å². The monoisotopic (exact) mass is 501 g/mol. The predicted octanol–water partition coefficient (Wildman–Crippen LogP) is 6.68. The first-order chi connectivity index (χ1) is 18.4. The van der Waals surface area contributed by atoms with Crippen LogP contribution in [-0.2, 0) is 9.53 Å². The molecule has 1 amide bonds. The van der Waals surface area contributed by atoms with Crippen molar-refractivity contribution in [2.45, 2.75) is 20.8 Å². The molecule has 0 atom stereocenters. The second-order valence-corrected chi connectivity index (χ2v) is 9.35. The number of rotatable bonds is 6. The number of carbonyl (C=O) groups is 2. The molecule has 0 aliphatic heterocycles. The zero-order chi connectivity index (χ0) is 26.6. The summed E-state index contributed by atoms with van der Waals surface area (Å²) >= 11 is 0. The number of hydrogen-bond donors (Lipinski definition) is 1. The van der Waals surface area contributed by atoms with Gasteiger partial charge in [-0.3, -0.25) is 4.79 Å². The van der Waals surface area contributed by atoms with Crippen LogP contribution in [0.1, 0.15) is 27.0 Å². The number of nitrogens with one attached hydrogen (secondary N) is 1. The molecule has 0 saturated carbocycles. The number of fused-ring (bicyclic) bond motifs is 1. The van der Waals surface area contributed by atoms with Gasteiger partial charge in [-0.05, 0) is 51.1 Å². The number of nitrogens with zero attached hydrogens (tertiary/aromatic N) is 2. The van der Waals surface area contributed by atoms with Crippen molar-refractivity contribution in [3.8, 4) is 22.5 Å². The molecule has 1 heterocycles. The number of carbonyl (C=O) groups excluding carboxylic acids is 2. The summed E-state index contributed by atoms with van der Waals surface area (Å²) in [5, 5.41) is 2.72. The highest BCUT2D eigenvalue weighted by Crippen LogP contribution is 2.31. The third-order valence-electron chi connectivity index (χ3n) is 6.22. The highest BCUT2D eigenvalue weighted by molar-refractivity contribution is 5.97. The van der Waals surface area contributed by atoms with Crippen molar-refractivity contribution in [3.05, 3.63) is 113 Å². The molecule has 0 fully saturated rings. The van der Waals surface area contributed by atoms with E-state index in [-0.39, 0.29) is 0 Å². The Balaban J connectivity index is 1.42. The number of anilines is 1. The van der Waals surface area contributed by atoms with E-state index in [4.69, 9.17) is 14.7 Å². The number of amides is 1. The number of aryl methyl sites for hydroxylation is 3. The Hall–Kier alpha value is -4.84.